The number of thioether (sulfide) groups is 1. The number of carbonyl (C=O) groups excluding carboxylic acids is 1. The van der Waals surface area contributed by atoms with Gasteiger partial charge in [-0.2, -0.15) is 0 Å². The normalized spacial score (nSPS) is 16.3. The molecule has 2 aromatic carbocycles. The fraction of sp³-hybridized carbons (Fsp3) is 0.381. The highest BCUT2D eigenvalue weighted by atomic mass is 32.2. The first kappa shape index (κ1) is 18.8. The Hall–Kier alpha value is -1.98. The maximum atomic E-state index is 12.4. The van der Waals surface area contributed by atoms with Crippen LogP contribution in [0.5, 0.6) is 0 Å². The van der Waals surface area contributed by atoms with Crippen molar-refractivity contribution >= 4 is 29.0 Å². The first-order chi connectivity index (χ1) is 12.7. The standard InChI is InChI=1S/C21H27N3OS/c1-3-23-13-15-24(16-14-23)19-11-9-18(10-12-19)22-21(25)17(2)26-20-7-5-4-6-8-20/h4-12,17H,3,13-16H2,1-2H3,(H,22,25). The molecule has 0 bridgehead atoms. The van der Waals surface area contributed by atoms with Gasteiger partial charge in [-0.25, -0.2) is 0 Å². The van der Waals surface area contributed by atoms with Crippen LogP contribution in [0.3, 0.4) is 0 Å². The van der Waals surface area contributed by atoms with Crippen LogP contribution < -0.4 is 10.2 Å². The molecule has 1 saturated heterocycles. The minimum atomic E-state index is -0.140. The molecule has 1 atom stereocenters. The number of amides is 1. The van der Waals surface area contributed by atoms with Gasteiger partial charge < -0.3 is 15.1 Å². The molecule has 1 aliphatic rings. The van der Waals surface area contributed by atoms with Crippen LogP contribution in [0.15, 0.2) is 59.5 Å². The number of hydrogen-bond acceptors (Lipinski definition) is 4. The van der Waals surface area contributed by atoms with E-state index in [-0.39, 0.29) is 11.2 Å². The van der Waals surface area contributed by atoms with Gasteiger partial charge in [-0.15, -0.1) is 11.8 Å². The summed E-state index contributed by atoms with van der Waals surface area (Å²) in [6, 6.07) is 18.2. The quantitative estimate of drug-likeness (QED) is 0.782. The van der Waals surface area contributed by atoms with Crippen LogP contribution in [-0.4, -0.2) is 48.8 Å². The molecule has 0 radical (unpaired) electrons. The van der Waals surface area contributed by atoms with Crippen molar-refractivity contribution in [3.63, 3.8) is 0 Å². The Kier molecular flexibility index (Phi) is 6.58. The molecule has 138 valence electrons. The Morgan fingerprint density at radius 1 is 1.04 bits per heavy atom. The molecule has 0 aromatic heterocycles. The van der Waals surface area contributed by atoms with Crippen molar-refractivity contribution in [3.8, 4) is 0 Å². The zero-order chi connectivity index (χ0) is 18.4. The Labute approximate surface area is 160 Å². The fourth-order valence-electron chi connectivity index (χ4n) is 3.08. The SMILES string of the molecule is CCN1CCN(c2ccc(NC(=O)C(C)Sc3ccccc3)cc2)CC1. The molecule has 3 rings (SSSR count). The highest BCUT2D eigenvalue weighted by Gasteiger charge is 2.17. The predicted octanol–water partition coefficient (Wildman–Crippen LogP) is 3.95. The van der Waals surface area contributed by atoms with Crippen molar-refractivity contribution < 1.29 is 4.79 Å². The molecular weight excluding hydrogens is 342 g/mol. The van der Waals surface area contributed by atoms with E-state index < -0.39 is 0 Å². The van der Waals surface area contributed by atoms with Crippen molar-refractivity contribution in [1.29, 1.82) is 0 Å². The van der Waals surface area contributed by atoms with Crippen molar-refractivity contribution in [2.45, 2.75) is 24.0 Å². The second-order valence-corrected chi connectivity index (χ2v) is 7.94. The van der Waals surface area contributed by atoms with Gasteiger partial charge in [0.15, 0.2) is 0 Å². The highest BCUT2D eigenvalue weighted by Crippen LogP contribution is 2.24. The summed E-state index contributed by atoms with van der Waals surface area (Å²) in [5.41, 5.74) is 2.08. The summed E-state index contributed by atoms with van der Waals surface area (Å²) in [5, 5.41) is 2.88. The van der Waals surface area contributed by atoms with Gasteiger partial charge in [0.1, 0.15) is 0 Å². The number of likely N-dealkylation sites (N-methyl/N-ethyl adjacent to an activating group) is 1. The largest absolute Gasteiger partial charge is 0.369 e. The van der Waals surface area contributed by atoms with E-state index in [1.807, 2.05) is 49.4 Å². The Balaban J connectivity index is 1.53. The summed E-state index contributed by atoms with van der Waals surface area (Å²) in [4.78, 5) is 18.4. The number of nitrogens with zero attached hydrogens (tertiary/aromatic N) is 2. The van der Waals surface area contributed by atoms with Crippen LogP contribution in [0.1, 0.15) is 13.8 Å². The van der Waals surface area contributed by atoms with Gasteiger partial charge in [0.05, 0.1) is 5.25 Å². The number of anilines is 2. The minimum absolute atomic E-state index is 0.0307. The lowest BCUT2D eigenvalue weighted by Gasteiger charge is -2.35. The first-order valence-corrected chi connectivity index (χ1v) is 10.1. The average molecular weight is 370 g/mol. The monoisotopic (exact) mass is 369 g/mol. The fourth-order valence-corrected chi connectivity index (χ4v) is 3.97. The molecule has 0 spiro atoms. The van der Waals surface area contributed by atoms with Crippen LogP contribution in [-0.2, 0) is 4.79 Å². The zero-order valence-corrected chi connectivity index (χ0v) is 16.3. The molecule has 5 heteroatoms. The topological polar surface area (TPSA) is 35.6 Å². The minimum Gasteiger partial charge on any atom is -0.369 e. The maximum absolute atomic E-state index is 12.4. The summed E-state index contributed by atoms with van der Waals surface area (Å²) in [7, 11) is 0. The van der Waals surface area contributed by atoms with E-state index in [4.69, 9.17) is 0 Å². The lowest BCUT2D eigenvalue weighted by atomic mass is 10.2. The van der Waals surface area contributed by atoms with Crippen molar-refractivity contribution in [3.05, 3.63) is 54.6 Å². The number of hydrogen-bond donors (Lipinski definition) is 1. The van der Waals surface area contributed by atoms with Crippen molar-refractivity contribution in [2.75, 3.05) is 42.9 Å². The first-order valence-electron chi connectivity index (χ1n) is 9.25. The molecule has 1 heterocycles. The molecule has 1 aliphatic heterocycles. The van der Waals surface area contributed by atoms with Gasteiger partial charge in [0.25, 0.3) is 0 Å². The van der Waals surface area contributed by atoms with E-state index >= 15 is 0 Å². The molecule has 26 heavy (non-hydrogen) atoms. The molecule has 2 aromatic rings. The third-order valence-electron chi connectivity index (χ3n) is 4.74. The molecule has 0 saturated carbocycles. The Bertz CT molecular complexity index is 697. The van der Waals surface area contributed by atoms with Crippen LogP contribution >= 0.6 is 11.8 Å². The van der Waals surface area contributed by atoms with E-state index in [9.17, 15) is 4.79 Å². The maximum Gasteiger partial charge on any atom is 0.237 e. The van der Waals surface area contributed by atoms with Gasteiger partial charge in [0, 0.05) is 42.4 Å². The third-order valence-corrected chi connectivity index (χ3v) is 5.86. The van der Waals surface area contributed by atoms with Crippen LogP contribution in [0.2, 0.25) is 0 Å². The number of rotatable bonds is 6. The molecule has 1 amide bonds. The second kappa shape index (κ2) is 9.10. The van der Waals surface area contributed by atoms with Crippen LogP contribution in [0.25, 0.3) is 0 Å². The van der Waals surface area contributed by atoms with E-state index in [2.05, 4.69) is 34.2 Å². The molecule has 1 fully saturated rings. The van der Waals surface area contributed by atoms with Gasteiger partial charge in [-0.1, -0.05) is 25.1 Å². The number of nitrogens with one attached hydrogen (secondary N) is 1. The molecular formula is C21H27N3OS. The van der Waals surface area contributed by atoms with Gasteiger partial charge >= 0.3 is 0 Å². The van der Waals surface area contributed by atoms with Crippen LogP contribution in [0, 0.1) is 0 Å². The molecule has 1 unspecified atom stereocenters. The average Bonchev–Trinajstić information content (AvgIpc) is 2.69. The van der Waals surface area contributed by atoms with Crippen molar-refractivity contribution in [2.24, 2.45) is 0 Å². The Morgan fingerprint density at radius 3 is 2.31 bits per heavy atom. The summed E-state index contributed by atoms with van der Waals surface area (Å²) in [6.07, 6.45) is 0. The summed E-state index contributed by atoms with van der Waals surface area (Å²) in [6.45, 7) is 9.62. The summed E-state index contributed by atoms with van der Waals surface area (Å²) >= 11 is 1.57. The van der Waals surface area contributed by atoms with Crippen molar-refractivity contribution in [1.82, 2.24) is 4.90 Å². The third kappa shape index (κ3) is 5.02. The molecule has 4 nitrogen and oxygen atoms in total. The van der Waals surface area contributed by atoms with Crippen LogP contribution in [0.4, 0.5) is 11.4 Å². The smallest absolute Gasteiger partial charge is 0.237 e. The second-order valence-electron chi connectivity index (χ2n) is 6.53. The molecule has 0 aliphatic carbocycles. The lowest BCUT2D eigenvalue weighted by molar-refractivity contribution is -0.115. The van der Waals surface area contributed by atoms with Gasteiger partial charge in [-0.3, -0.25) is 4.79 Å². The van der Waals surface area contributed by atoms with E-state index in [0.717, 1.165) is 43.3 Å². The van der Waals surface area contributed by atoms with Gasteiger partial charge in [-0.05, 0) is 49.9 Å². The lowest BCUT2D eigenvalue weighted by Crippen LogP contribution is -2.46. The van der Waals surface area contributed by atoms with E-state index in [1.54, 1.807) is 11.8 Å². The predicted molar refractivity (Wildman–Crippen MR) is 111 cm³/mol. The number of piperazine rings is 1. The summed E-state index contributed by atoms with van der Waals surface area (Å²) < 4.78 is 0. The number of carbonyl (C=O) groups is 1. The molecule has 1 N–H and O–H groups in total. The highest BCUT2D eigenvalue weighted by molar-refractivity contribution is 8.00. The number of benzene rings is 2. The van der Waals surface area contributed by atoms with E-state index in [0.29, 0.717) is 0 Å². The zero-order valence-electron chi connectivity index (χ0n) is 15.5. The Morgan fingerprint density at radius 2 is 1.69 bits per heavy atom. The van der Waals surface area contributed by atoms with E-state index in [1.165, 1.54) is 5.69 Å². The summed E-state index contributed by atoms with van der Waals surface area (Å²) in [5.74, 6) is 0.0307. The van der Waals surface area contributed by atoms with Gasteiger partial charge in [0.2, 0.25) is 5.91 Å².